The van der Waals surface area contributed by atoms with Crippen LogP contribution in [0, 0.1) is 25.1 Å². The number of nitrogens with one attached hydrogen (secondary N) is 1. The van der Waals surface area contributed by atoms with Crippen molar-refractivity contribution in [2.75, 3.05) is 5.32 Å². The second-order valence-corrected chi connectivity index (χ2v) is 4.14. The molecule has 2 rings (SSSR count). The average Bonchev–Trinajstić information content (AvgIpc) is 2.42. The molecule has 1 N–H and O–H groups in total. The van der Waals surface area contributed by atoms with Crippen molar-refractivity contribution in [3.63, 3.8) is 0 Å². The molecular formula is C16H12FNO. The Morgan fingerprint density at radius 2 is 2.05 bits per heavy atom. The number of amides is 1. The second kappa shape index (κ2) is 5.36. The molecular weight excluding hydrogens is 241 g/mol. The summed E-state index contributed by atoms with van der Waals surface area (Å²) in [5.41, 5.74) is 2.04. The number of carbonyl (C=O) groups is 1. The van der Waals surface area contributed by atoms with E-state index in [1.807, 2.05) is 0 Å². The molecule has 0 unspecified atom stereocenters. The zero-order valence-corrected chi connectivity index (χ0v) is 10.4. The largest absolute Gasteiger partial charge is 0.322 e. The van der Waals surface area contributed by atoms with E-state index in [9.17, 15) is 9.18 Å². The van der Waals surface area contributed by atoms with Gasteiger partial charge in [-0.1, -0.05) is 18.1 Å². The Morgan fingerprint density at radius 1 is 1.26 bits per heavy atom. The number of aryl methyl sites for hydroxylation is 1. The van der Waals surface area contributed by atoms with Crippen molar-refractivity contribution in [2.24, 2.45) is 0 Å². The van der Waals surface area contributed by atoms with Crippen LogP contribution in [-0.4, -0.2) is 5.91 Å². The maximum absolute atomic E-state index is 13.4. The van der Waals surface area contributed by atoms with Gasteiger partial charge in [0.2, 0.25) is 0 Å². The molecule has 0 spiro atoms. The van der Waals surface area contributed by atoms with E-state index in [0.29, 0.717) is 16.8 Å². The molecule has 0 atom stereocenters. The third-order valence-electron chi connectivity index (χ3n) is 2.72. The Kier molecular flexibility index (Phi) is 3.63. The number of hydrogen-bond donors (Lipinski definition) is 1. The molecule has 19 heavy (non-hydrogen) atoms. The fourth-order valence-electron chi connectivity index (χ4n) is 1.62. The Bertz CT molecular complexity index is 671. The lowest BCUT2D eigenvalue weighted by Gasteiger charge is -2.06. The van der Waals surface area contributed by atoms with Gasteiger partial charge in [0.1, 0.15) is 5.82 Å². The highest BCUT2D eigenvalue weighted by atomic mass is 19.1. The quantitative estimate of drug-likeness (QED) is 0.817. The Hall–Kier alpha value is -2.60. The van der Waals surface area contributed by atoms with Crippen LogP contribution in [0.25, 0.3) is 0 Å². The van der Waals surface area contributed by atoms with Crippen LogP contribution in [0.1, 0.15) is 21.5 Å². The van der Waals surface area contributed by atoms with Crippen molar-refractivity contribution in [3.8, 4) is 12.3 Å². The molecule has 1 amide bonds. The van der Waals surface area contributed by atoms with E-state index in [2.05, 4.69) is 11.2 Å². The lowest BCUT2D eigenvalue weighted by atomic mass is 10.1. The molecule has 0 saturated heterocycles. The first kappa shape index (κ1) is 12.8. The Morgan fingerprint density at radius 3 is 2.74 bits per heavy atom. The maximum atomic E-state index is 13.4. The van der Waals surface area contributed by atoms with Gasteiger partial charge in [-0.2, -0.15) is 0 Å². The highest BCUT2D eigenvalue weighted by Crippen LogP contribution is 2.13. The summed E-state index contributed by atoms with van der Waals surface area (Å²) >= 11 is 0. The molecule has 0 heterocycles. The van der Waals surface area contributed by atoms with E-state index < -0.39 is 5.82 Å². The Balaban J connectivity index is 2.21. The normalized spacial score (nSPS) is 9.74. The number of hydrogen-bond acceptors (Lipinski definition) is 1. The van der Waals surface area contributed by atoms with Gasteiger partial charge in [0.05, 0.1) is 0 Å². The van der Waals surface area contributed by atoms with E-state index >= 15 is 0 Å². The lowest BCUT2D eigenvalue weighted by molar-refractivity contribution is 0.102. The number of carbonyl (C=O) groups excluding carboxylic acids is 1. The minimum absolute atomic E-state index is 0.272. The number of benzene rings is 2. The fourth-order valence-corrected chi connectivity index (χ4v) is 1.62. The molecule has 2 aromatic rings. The summed E-state index contributed by atoms with van der Waals surface area (Å²) in [6, 6.07) is 11.3. The van der Waals surface area contributed by atoms with E-state index in [-0.39, 0.29) is 11.5 Å². The predicted octanol–water partition coefficient (Wildman–Crippen LogP) is 3.37. The second-order valence-electron chi connectivity index (χ2n) is 4.14. The number of rotatable bonds is 2. The SMILES string of the molecule is C#Cc1cccc(NC(=O)c2ccc(C)c(F)c2)c1. The summed E-state index contributed by atoms with van der Waals surface area (Å²) in [4.78, 5) is 11.9. The summed E-state index contributed by atoms with van der Waals surface area (Å²) < 4.78 is 13.4. The minimum Gasteiger partial charge on any atom is -0.322 e. The van der Waals surface area contributed by atoms with E-state index in [1.54, 1.807) is 43.3 Å². The third-order valence-corrected chi connectivity index (χ3v) is 2.72. The van der Waals surface area contributed by atoms with Crippen molar-refractivity contribution < 1.29 is 9.18 Å². The van der Waals surface area contributed by atoms with Gasteiger partial charge in [0, 0.05) is 16.8 Å². The van der Waals surface area contributed by atoms with Crippen molar-refractivity contribution in [2.45, 2.75) is 6.92 Å². The first-order chi connectivity index (χ1) is 9.10. The van der Waals surface area contributed by atoms with Crippen LogP contribution in [0.5, 0.6) is 0 Å². The van der Waals surface area contributed by atoms with Crippen molar-refractivity contribution in [3.05, 3.63) is 65.0 Å². The van der Waals surface area contributed by atoms with E-state index in [1.165, 1.54) is 6.07 Å². The minimum atomic E-state index is -0.398. The monoisotopic (exact) mass is 253 g/mol. The molecule has 0 aliphatic heterocycles. The van der Waals surface area contributed by atoms with Gasteiger partial charge in [-0.25, -0.2) is 4.39 Å². The van der Waals surface area contributed by atoms with Crippen molar-refractivity contribution in [1.29, 1.82) is 0 Å². The third kappa shape index (κ3) is 2.99. The number of halogens is 1. The zero-order valence-electron chi connectivity index (χ0n) is 10.4. The van der Waals surface area contributed by atoms with Crippen LogP contribution in [0.2, 0.25) is 0 Å². The van der Waals surface area contributed by atoms with E-state index in [0.717, 1.165) is 0 Å². The van der Waals surface area contributed by atoms with Gasteiger partial charge in [0.25, 0.3) is 5.91 Å². The first-order valence-electron chi connectivity index (χ1n) is 5.74. The fraction of sp³-hybridized carbons (Fsp3) is 0.0625. The van der Waals surface area contributed by atoms with Gasteiger partial charge in [-0.05, 0) is 42.8 Å². The zero-order chi connectivity index (χ0) is 13.8. The van der Waals surface area contributed by atoms with Crippen LogP contribution in [0.4, 0.5) is 10.1 Å². The van der Waals surface area contributed by atoms with Gasteiger partial charge < -0.3 is 5.32 Å². The molecule has 2 aromatic carbocycles. The van der Waals surface area contributed by atoms with Gasteiger partial charge in [-0.3, -0.25) is 4.79 Å². The molecule has 0 aromatic heterocycles. The molecule has 0 aliphatic rings. The highest BCUT2D eigenvalue weighted by Gasteiger charge is 2.08. The van der Waals surface area contributed by atoms with Crippen LogP contribution in [-0.2, 0) is 0 Å². The number of terminal acetylenes is 1. The smallest absolute Gasteiger partial charge is 0.255 e. The van der Waals surface area contributed by atoms with Crippen molar-refractivity contribution in [1.82, 2.24) is 0 Å². The van der Waals surface area contributed by atoms with Gasteiger partial charge >= 0.3 is 0 Å². The van der Waals surface area contributed by atoms with Gasteiger partial charge in [0.15, 0.2) is 0 Å². The lowest BCUT2D eigenvalue weighted by Crippen LogP contribution is -2.12. The molecule has 94 valence electrons. The molecule has 0 fully saturated rings. The summed E-state index contributed by atoms with van der Waals surface area (Å²) in [6.45, 7) is 1.65. The van der Waals surface area contributed by atoms with Crippen LogP contribution in [0.15, 0.2) is 42.5 Å². The van der Waals surface area contributed by atoms with Crippen LogP contribution < -0.4 is 5.32 Å². The van der Waals surface area contributed by atoms with Crippen LogP contribution >= 0.6 is 0 Å². The predicted molar refractivity (Wildman–Crippen MR) is 73.5 cm³/mol. The molecule has 3 heteroatoms. The summed E-state index contributed by atoms with van der Waals surface area (Å²) in [5.74, 6) is 1.72. The Labute approximate surface area is 111 Å². The van der Waals surface area contributed by atoms with Crippen LogP contribution in [0.3, 0.4) is 0 Å². The van der Waals surface area contributed by atoms with Gasteiger partial charge in [-0.15, -0.1) is 6.42 Å². The first-order valence-corrected chi connectivity index (χ1v) is 5.74. The molecule has 0 saturated carbocycles. The number of anilines is 1. The maximum Gasteiger partial charge on any atom is 0.255 e. The summed E-state index contributed by atoms with van der Waals surface area (Å²) in [6.07, 6.45) is 5.28. The molecule has 2 nitrogen and oxygen atoms in total. The summed E-state index contributed by atoms with van der Waals surface area (Å²) in [7, 11) is 0. The standard InChI is InChI=1S/C16H12FNO/c1-3-12-5-4-6-14(9-12)18-16(19)13-8-7-11(2)15(17)10-13/h1,4-10H,2H3,(H,18,19). The summed E-state index contributed by atoms with van der Waals surface area (Å²) in [5, 5.41) is 2.68. The van der Waals surface area contributed by atoms with E-state index in [4.69, 9.17) is 6.42 Å². The highest BCUT2D eigenvalue weighted by molar-refractivity contribution is 6.04. The average molecular weight is 253 g/mol. The van der Waals surface area contributed by atoms with Crippen molar-refractivity contribution >= 4 is 11.6 Å². The molecule has 0 aliphatic carbocycles. The molecule has 0 radical (unpaired) electrons. The molecule has 0 bridgehead atoms. The topological polar surface area (TPSA) is 29.1 Å².